The van der Waals surface area contributed by atoms with Gasteiger partial charge in [0.05, 0.1) is 33.1 Å². The molecule has 1 aromatic carbocycles. The van der Waals surface area contributed by atoms with Crippen molar-refractivity contribution in [3.63, 3.8) is 0 Å². The maximum absolute atomic E-state index is 12.8. The maximum atomic E-state index is 12.8. The van der Waals surface area contributed by atoms with Gasteiger partial charge in [-0.2, -0.15) is 0 Å². The van der Waals surface area contributed by atoms with Crippen molar-refractivity contribution in [1.29, 1.82) is 0 Å². The summed E-state index contributed by atoms with van der Waals surface area (Å²) in [5, 5.41) is 15.8. The Morgan fingerprint density at radius 1 is 0.926 bits per heavy atom. The second kappa shape index (κ2) is 5.12. The van der Waals surface area contributed by atoms with Crippen LogP contribution in [0.2, 0.25) is 0 Å². The van der Waals surface area contributed by atoms with Crippen LogP contribution < -0.4 is 0 Å². The molecule has 4 heterocycles. The molecule has 0 saturated heterocycles. The Hall–Kier alpha value is -2.83. The van der Waals surface area contributed by atoms with Crippen molar-refractivity contribution in [2.45, 2.75) is 38.8 Å². The molecule has 0 saturated carbocycles. The summed E-state index contributed by atoms with van der Waals surface area (Å²) < 4.78 is 0. The Morgan fingerprint density at radius 2 is 1.56 bits per heavy atom. The molecule has 0 atom stereocenters. The molecular formula is C21H20N5O. The van der Waals surface area contributed by atoms with E-state index < -0.39 is 11.1 Å². The Kier molecular flexibility index (Phi) is 3.10. The Balaban J connectivity index is 1.88. The summed E-state index contributed by atoms with van der Waals surface area (Å²) in [6.45, 7) is 7.73. The predicted molar refractivity (Wildman–Crippen MR) is 105 cm³/mol. The van der Waals surface area contributed by atoms with Gasteiger partial charge in [-0.1, -0.05) is 6.08 Å². The molecule has 0 unspecified atom stereocenters. The van der Waals surface area contributed by atoms with Crippen LogP contribution in [-0.2, 0) is 5.21 Å². The smallest absolute Gasteiger partial charge is 0.136 e. The SMILES string of the molecule is CC1(C)C=C(c2nc3c4cccnc4c4ncccc4c3[nH]2)C(C)(C)N1[O]. The minimum Gasteiger partial charge on any atom is -0.338 e. The molecule has 5 rings (SSSR count). The number of aromatic nitrogens is 4. The molecule has 0 bridgehead atoms. The molecule has 1 aliphatic heterocycles. The van der Waals surface area contributed by atoms with Gasteiger partial charge < -0.3 is 4.98 Å². The minimum atomic E-state index is -0.667. The maximum Gasteiger partial charge on any atom is 0.136 e. The first-order chi connectivity index (χ1) is 12.8. The van der Waals surface area contributed by atoms with Crippen LogP contribution >= 0.6 is 0 Å². The van der Waals surface area contributed by atoms with E-state index >= 15 is 0 Å². The fraction of sp³-hybridized carbons (Fsp3) is 0.286. The Labute approximate surface area is 156 Å². The van der Waals surface area contributed by atoms with Gasteiger partial charge in [0.25, 0.3) is 0 Å². The van der Waals surface area contributed by atoms with Crippen LogP contribution in [0, 0.1) is 0 Å². The van der Waals surface area contributed by atoms with E-state index in [2.05, 4.69) is 15.0 Å². The Morgan fingerprint density at radius 3 is 2.19 bits per heavy atom. The zero-order valence-corrected chi connectivity index (χ0v) is 15.7. The van der Waals surface area contributed by atoms with Gasteiger partial charge in [0.2, 0.25) is 0 Å². The molecule has 6 heteroatoms. The van der Waals surface area contributed by atoms with Gasteiger partial charge in [0.15, 0.2) is 0 Å². The van der Waals surface area contributed by atoms with E-state index in [0.717, 1.165) is 49.3 Å². The number of pyridine rings is 2. The van der Waals surface area contributed by atoms with Gasteiger partial charge in [-0.05, 0) is 52.0 Å². The summed E-state index contributed by atoms with van der Waals surface area (Å²) in [5.41, 5.74) is 3.13. The highest BCUT2D eigenvalue weighted by atomic mass is 16.5. The molecule has 0 aliphatic carbocycles. The van der Waals surface area contributed by atoms with E-state index in [1.807, 2.05) is 58.0 Å². The third-order valence-electron chi connectivity index (χ3n) is 5.51. The van der Waals surface area contributed by atoms with Crippen molar-refractivity contribution in [3.8, 4) is 0 Å². The lowest BCUT2D eigenvalue weighted by Crippen LogP contribution is -2.46. The number of benzene rings is 1. The van der Waals surface area contributed by atoms with Crippen LogP contribution in [0.15, 0.2) is 42.7 Å². The third-order valence-corrected chi connectivity index (χ3v) is 5.51. The Bertz CT molecular complexity index is 1180. The van der Waals surface area contributed by atoms with Crippen molar-refractivity contribution in [2.24, 2.45) is 0 Å². The summed E-state index contributed by atoms with van der Waals surface area (Å²) in [5.74, 6) is 0.725. The van der Waals surface area contributed by atoms with E-state index in [-0.39, 0.29) is 0 Å². The van der Waals surface area contributed by atoms with Crippen molar-refractivity contribution >= 4 is 38.4 Å². The number of nitrogens with one attached hydrogen (secondary N) is 1. The molecule has 0 spiro atoms. The summed E-state index contributed by atoms with van der Waals surface area (Å²) in [6.07, 6.45) is 5.56. The first kappa shape index (κ1) is 16.4. The average molecular weight is 358 g/mol. The van der Waals surface area contributed by atoms with Crippen molar-refractivity contribution < 1.29 is 5.21 Å². The zero-order valence-electron chi connectivity index (χ0n) is 15.7. The molecular weight excluding hydrogens is 338 g/mol. The van der Waals surface area contributed by atoms with Gasteiger partial charge in [-0.15, -0.1) is 10.3 Å². The van der Waals surface area contributed by atoms with E-state index in [0.29, 0.717) is 0 Å². The van der Waals surface area contributed by atoms with Crippen molar-refractivity contribution in [3.05, 3.63) is 48.6 Å². The highest BCUT2D eigenvalue weighted by Gasteiger charge is 2.47. The fourth-order valence-electron chi connectivity index (χ4n) is 4.25. The number of rotatable bonds is 1. The molecule has 135 valence electrons. The second-order valence-corrected chi connectivity index (χ2v) is 8.17. The third kappa shape index (κ3) is 2.11. The number of hydrogen-bond acceptors (Lipinski definition) is 4. The minimum absolute atomic E-state index is 0.578. The summed E-state index contributed by atoms with van der Waals surface area (Å²) >= 11 is 0. The highest BCUT2D eigenvalue weighted by molar-refractivity contribution is 6.20. The lowest BCUT2D eigenvalue weighted by Gasteiger charge is -2.33. The van der Waals surface area contributed by atoms with E-state index in [9.17, 15) is 5.21 Å². The highest BCUT2D eigenvalue weighted by Crippen LogP contribution is 2.44. The van der Waals surface area contributed by atoms with Crippen LogP contribution in [-0.4, -0.2) is 36.1 Å². The van der Waals surface area contributed by atoms with E-state index in [1.54, 1.807) is 12.4 Å². The molecule has 3 aromatic heterocycles. The normalized spacial score (nSPS) is 19.2. The van der Waals surface area contributed by atoms with Crippen molar-refractivity contribution in [1.82, 2.24) is 25.0 Å². The predicted octanol–water partition coefficient (Wildman–Crippen LogP) is 4.26. The number of H-pyrrole nitrogens is 1. The first-order valence-electron chi connectivity index (χ1n) is 9.03. The molecule has 1 aliphatic rings. The van der Waals surface area contributed by atoms with Crippen LogP contribution in [0.5, 0.6) is 0 Å². The molecule has 1 radical (unpaired) electrons. The number of nitrogens with zero attached hydrogens (tertiary/aromatic N) is 4. The average Bonchev–Trinajstić information content (AvgIpc) is 3.16. The lowest BCUT2D eigenvalue weighted by molar-refractivity contribution is -0.234. The summed E-state index contributed by atoms with van der Waals surface area (Å²) in [4.78, 5) is 17.5. The van der Waals surface area contributed by atoms with Crippen LogP contribution in [0.4, 0.5) is 0 Å². The van der Waals surface area contributed by atoms with Crippen LogP contribution in [0.3, 0.4) is 0 Å². The number of hydrogen-bond donors (Lipinski definition) is 1. The fourth-order valence-corrected chi connectivity index (χ4v) is 4.25. The second-order valence-electron chi connectivity index (χ2n) is 8.17. The zero-order chi connectivity index (χ0) is 19.0. The van der Waals surface area contributed by atoms with Gasteiger partial charge in [-0.3, -0.25) is 9.97 Å². The number of fused-ring (bicyclic) bond motifs is 6. The molecule has 0 fully saturated rings. The van der Waals surface area contributed by atoms with Crippen molar-refractivity contribution in [2.75, 3.05) is 0 Å². The van der Waals surface area contributed by atoms with Gasteiger partial charge in [0, 0.05) is 28.7 Å². The largest absolute Gasteiger partial charge is 0.338 e. The molecule has 6 nitrogen and oxygen atoms in total. The first-order valence-corrected chi connectivity index (χ1v) is 9.03. The molecule has 4 aromatic rings. The van der Waals surface area contributed by atoms with E-state index in [4.69, 9.17) is 4.98 Å². The number of hydroxylamine groups is 2. The molecule has 27 heavy (non-hydrogen) atoms. The van der Waals surface area contributed by atoms with Gasteiger partial charge in [-0.25, -0.2) is 4.98 Å². The quantitative estimate of drug-likeness (QED) is 0.516. The van der Waals surface area contributed by atoms with Crippen LogP contribution in [0.25, 0.3) is 38.4 Å². The summed E-state index contributed by atoms with van der Waals surface area (Å²) in [6, 6.07) is 7.87. The number of imidazole rings is 1. The lowest BCUT2D eigenvalue weighted by atomic mass is 9.96. The summed E-state index contributed by atoms with van der Waals surface area (Å²) in [7, 11) is 0. The van der Waals surface area contributed by atoms with Gasteiger partial charge >= 0.3 is 0 Å². The van der Waals surface area contributed by atoms with Crippen LogP contribution in [0.1, 0.15) is 33.5 Å². The molecule has 0 amide bonds. The topological polar surface area (TPSA) is 77.6 Å². The standard InChI is InChI=1S/C21H20N5O/c1-20(2)11-14(21(3,4)26(20)27)19-24-17-12-7-5-9-22-15(12)16-13(18(17)25-19)8-6-10-23-16/h5-11H,1-4H3,(H,24,25). The molecule has 1 N–H and O–H groups in total. The van der Waals surface area contributed by atoms with Gasteiger partial charge in [0.1, 0.15) is 5.82 Å². The monoisotopic (exact) mass is 358 g/mol. The number of aromatic amines is 1. The van der Waals surface area contributed by atoms with E-state index in [1.165, 1.54) is 0 Å².